The van der Waals surface area contributed by atoms with E-state index in [0.29, 0.717) is 12.5 Å². The number of rotatable bonds is 2. The Labute approximate surface area is 124 Å². The second-order valence-corrected chi connectivity index (χ2v) is 6.03. The average Bonchev–Trinajstić information content (AvgIpc) is 2.90. The zero-order valence-electron chi connectivity index (χ0n) is 12.0. The van der Waals surface area contributed by atoms with Crippen molar-refractivity contribution in [2.45, 2.75) is 31.0 Å². The predicted molar refractivity (Wildman–Crippen MR) is 81.6 cm³/mol. The smallest absolute Gasteiger partial charge is 0.214 e. The summed E-state index contributed by atoms with van der Waals surface area (Å²) in [6.07, 6.45) is 3.26. The highest BCUT2D eigenvalue weighted by Gasteiger charge is 2.42. The molecular formula is C17H20N2O2. The summed E-state index contributed by atoms with van der Waals surface area (Å²) in [4.78, 5) is 4.58. The fraction of sp³-hybridized carbons (Fsp3) is 0.471. The lowest BCUT2D eigenvalue weighted by Gasteiger charge is -2.32. The first-order chi connectivity index (χ1) is 10.3. The molecule has 0 bridgehead atoms. The number of aromatic nitrogens is 1. The summed E-state index contributed by atoms with van der Waals surface area (Å²) >= 11 is 0. The van der Waals surface area contributed by atoms with Gasteiger partial charge in [-0.1, -0.05) is 18.2 Å². The van der Waals surface area contributed by atoms with Gasteiger partial charge in [-0.15, -0.1) is 0 Å². The number of nitrogens with one attached hydrogen (secondary N) is 1. The molecule has 2 aliphatic heterocycles. The van der Waals surface area contributed by atoms with Crippen molar-refractivity contribution < 1.29 is 9.47 Å². The highest BCUT2D eigenvalue weighted by atomic mass is 16.6. The number of fused-ring (bicyclic) bond motifs is 1. The minimum Gasteiger partial charge on any atom is -0.472 e. The molecule has 1 spiro atoms. The zero-order chi connectivity index (χ0) is 14.1. The Morgan fingerprint density at radius 2 is 2.00 bits per heavy atom. The molecule has 0 radical (unpaired) electrons. The third-order valence-corrected chi connectivity index (χ3v) is 4.55. The molecule has 110 valence electrons. The predicted octanol–water partition coefficient (Wildman–Crippen LogP) is 2.52. The summed E-state index contributed by atoms with van der Waals surface area (Å²) in [5, 5.41) is 4.53. The van der Waals surface area contributed by atoms with Crippen LogP contribution in [0.25, 0.3) is 10.9 Å². The summed E-state index contributed by atoms with van der Waals surface area (Å²) in [5.74, 6) is 0.702. The van der Waals surface area contributed by atoms with Crippen molar-refractivity contribution in [3.63, 3.8) is 0 Å². The first-order valence-electron chi connectivity index (χ1n) is 7.70. The molecule has 2 aliphatic rings. The number of hydrogen-bond donors (Lipinski definition) is 1. The van der Waals surface area contributed by atoms with Crippen LogP contribution in [0.3, 0.4) is 0 Å². The first-order valence-corrected chi connectivity index (χ1v) is 7.70. The molecule has 0 saturated carbocycles. The van der Waals surface area contributed by atoms with Gasteiger partial charge >= 0.3 is 0 Å². The van der Waals surface area contributed by atoms with E-state index in [-0.39, 0.29) is 11.7 Å². The molecule has 2 fully saturated rings. The summed E-state index contributed by atoms with van der Waals surface area (Å²) in [6, 6.07) is 12.1. The quantitative estimate of drug-likeness (QED) is 0.920. The fourth-order valence-electron chi connectivity index (χ4n) is 3.39. The number of ether oxygens (including phenoxy) is 2. The molecule has 4 heteroatoms. The van der Waals surface area contributed by atoms with Crippen molar-refractivity contribution in [3.05, 3.63) is 36.4 Å². The van der Waals surface area contributed by atoms with Crippen molar-refractivity contribution in [1.29, 1.82) is 0 Å². The zero-order valence-corrected chi connectivity index (χ0v) is 12.0. The van der Waals surface area contributed by atoms with Gasteiger partial charge in [0, 0.05) is 17.9 Å². The van der Waals surface area contributed by atoms with Gasteiger partial charge in [0.25, 0.3) is 0 Å². The Balaban J connectivity index is 1.48. The Morgan fingerprint density at radius 1 is 1.14 bits per heavy atom. The Hall–Kier alpha value is -1.65. The number of piperidine rings is 1. The summed E-state index contributed by atoms with van der Waals surface area (Å²) in [6.45, 7) is 2.76. The third kappa shape index (κ3) is 2.61. The van der Waals surface area contributed by atoms with Crippen LogP contribution in [0.2, 0.25) is 0 Å². The molecule has 1 aromatic heterocycles. The Morgan fingerprint density at radius 3 is 2.90 bits per heavy atom. The lowest BCUT2D eigenvalue weighted by molar-refractivity contribution is -0.0205. The standard InChI is InChI=1S/C17H20N2O2/c1-2-4-15-13(3-1)5-6-16(19-15)21-14-11-17(20-12-14)7-9-18-10-8-17/h1-6,14,18H,7-12H2. The highest BCUT2D eigenvalue weighted by molar-refractivity contribution is 5.78. The van der Waals surface area contributed by atoms with Crippen molar-refractivity contribution in [2.24, 2.45) is 0 Å². The lowest BCUT2D eigenvalue weighted by Crippen LogP contribution is -2.41. The van der Waals surface area contributed by atoms with Crippen LogP contribution in [0.1, 0.15) is 19.3 Å². The van der Waals surface area contributed by atoms with Crippen molar-refractivity contribution in [1.82, 2.24) is 10.3 Å². The van der Waals surface area contributed by atoms with Gasteiger partial charge in [0.2, 0.25) is 5.88 Å². The number of benzene rings is 1. The van der Waals surface area contributed by atoms with E-state index in [0.717, 1.165) is 43.3 Å². The van der Waals surface area contributed by atoms with E-state index in [1.165, 1.54) is 0 Å². The minimum absolute atomic E-state index is 0.0345. The average molecular weight is 284 g/mol. The summed E-state index contributed by atoms with van der Waals surface area (Å²) in [7, 11) is 0. The SMILES string of the molecule is c1ccc2nc(OC3COC4(CCNCC4)C3)ccc2c1. The van der Waals surface area contributed by atoms with Crippen molar-refractivity contribution in [2.75, 3.05) is 19.7 Å². The molecule has 4 rings (SSSR count). The molecule has 1 aromatic carbocycles. The van der Waals surface area contributed by atoms with E-state index in [1.807, 2.05) is 24.3 Å². The van der Waals surface area contributed by atoms with Crippen LogP contribution >= 0.6 is 0 Å². The van der Waals surface area contributed by atoms with Crippen LogP contribution in [-0.2, 0) is 4.74 Å². The van der Waals surface area contributed by atoms with Crippen LogP contribution in [0, 0.1) is 0 Å². The maximum atomic E-state index is 6.06. The van der Waals surface area contributed by atoms with E-state index in [1.54, 1.807) is 0 Å². The van der Waals surface area contributed by atoms with Gasteiger partial charge in [-0.25, -0.2) is 4.98 Å². The topological polar surface area (TPSA) is 43.4 Å². The van der Waals surface area contributed by atoms with Crippen molar-refractivity contribution >= 4 is 10.9 Å². The van der Waals surface area contributed by atoms with E-state index >= 15 is 0 Å². The molecule has 0 amide bonds. The number of pyridine rings is 1. The first kappa shape index (κ1) is 13.0. The molecule has 3 heterocycles. The van der Waals surface area contributed by atoms with Gasteiger partial charge in [0.1, 0.15) is 6.10 Å². The van der Waals surface area contributed by atoms with Crippen LogP contribution < -0.4 is 10.1 Å². The number of hydrogen-bond acceptors (Lipinski definition) is 4. The monoisotopic (exact) mass is 284 g/mol. The molecule has 21 heavy (non-hydrogen) atoms. The second kappa shape index (κ2) is 5.28. The molecule has 1 N–H and O–H groups in total. The second-order valence-electron chi connectivity index (χ2n) is 6.03. The van der Waals surface area contributed by atoms with Gasteiger partial charge in [0.05, 0.1) is 17.7 Å². The number of para-hydroxylation sites is 1. The molecule has 1 atom stereocenters. The van der Waals surface area contributed by atoms with E-state index in [2.05, 4.69) is 22.4 Å². The van der Waals surface area contributed by atoms with Crippen LogP contribution in [0.4, 0.5) is 0 Å². The van der Waals surface area contributed by atoms with Gasteiger partial charge in [-0.2, -0.15) is 0 Å². The normalized spacial score (nSPS) is 24.5. The van der Waals surface area contributed by atoms with Gasteiger partial charge < -0.3 is 14.8 Å². The highest BCUT2D eigenvalue weighted by Crippen LogP contribution is 2.35. The van der Waals surface area contributed by atoms with Crippen molar-refractivity contribution in [3.8, 4) is 5.88 Å². The molecular weight excluding hydrogens is 264 g/mol. The van der Waals surface area contributed by atoms with Crippen LogP contribution in [0.5, 0.6) is 5.88 Å². The van der Waals surface area contributed by atoms with Crippen LogP contribution in [0.15, 0.2) is 36.4 Å². The lowest BCUT2D eigenvalue weighted by atomic mass is 9.89. The molecule has 4 nitrogen and oxygen atoms in total. The van der Waals surface area contributed by atoms with E-state index in [9.17, 15) is 0 Å². The van der Waals surface area contributed by atoms with Gasteiger partial charge in [0.15, 0.2) is 0 Å². The summed E-state index contributed by atoms with van der Waals surface area (Å²) in [5.41, 5.74) is 1.01. The molecule has 2 saturated heterocycles. The maximum Gasteiger partial charge on any atom is 0.214 e. The Kier molecular flexibility index (Phi) is 3.28. The molecule has 0 aliphatic carbocycles. The van der Waals surface area contributed by atoms with Gasteiger partial charge in [-0.05, 0) is 38.1 Å². The van der Waals surface area contributed by atoms with Crippen LogP contribution in [-0.4, -0.2) is 36.4 Å². The molecule has 2 aromatic rings. The third-order valence-electron chi connectivity index (χ3n) is 4.55. The van der Waals surface area contributed by atoms with E-state index < -0.39 is 0 Å². The number of nitrogens with zero attached hydrogens (tertiary/aromatic N) is 1. The largest absolute Gasteiger partial charge is 0.472 e. The van der Waals surface area contributed by atoms with Gasteiger partial charge in [-0.3, -0.25) is 0 Å². The minimum atomic E-state index is 0.0345. The summed E-state index contributed by atoms with van der Waals surface area (Å²) < 4.78 is 12.1. The Bertz CT molecular complexity index is 637. The fourth-order valence-corrected chi connectivity index (χ4v) is 3.39. The van der Waals surface area contributed by atoms with E-state index in [4.69, 9.17) is 9.47 Å². The maximum absolute atomic E-state index is 6.06. The molecule has 1 unspecified atom stereocenters.